The minimum absolute atomic E-state index is 0.0594. The van der Waals surface area contributed by atoms with Gasteiger partial charge in [-0.2, -0.15) is 0 Å². The molecule has 1 unspecified atom stereocenters. The van der Waals surface area contributed by atoms with Crippen LogP contribution < -0.4 is 10.6 Å². The Bertz CT molecular complexity index is 344. The second-order valence-corrected chi connectivity index (χ2v) is 5.94. The van der Waals surface area contributed by atoms with E-state index in [0.717, 1.165) is 4.88 Å². The van der Waals surface area contributed by atoms with Crippen LogP contribution in [0.1, 0.15) is 31.8 Å². The van der Waals surface area contributed by atoms with E-state index in [4.69, 9.17) is 0 Å². The zero-order valence-corrected chi connectivity index (χ0v) is 11.3. The molecule has 96 valence electrons. The average Bonchev–Trinajstić information content (AvgIpc) is 2.66. The van der Waals surface area contributed by atoms with Crippen molar-refractivity contribution in [2.24, 2.45) is 0 Å². The molecule has 0 saturated heterocycles. The van der Waals surface area contributed by atoms with Crippen molar-refractivity contribution in [3.05, 3.63) is 22.4 Å². The number of aliphatic hydroxyl groups excluding tert-OH is 1. The van der Waals surface area contributed by atoms with Crippen LogP contribution in [-0.2, 0) is 4.79 Å². The average molecular weight is 256 g/mol. The quantitative estimate of drug-likeness (QED) is 0.744. The second kappa shape index (κ2) is 6.14. The lowest BCUT2D eigenvalue weighted by Crippen LogP contribution is -2.45. The van der Waals surface area contributed by atoms with Crippen LogP contribution in [0.2, 0.25) is 0 Å². The molecule has 0 aliphatic carbocycles. The van der Waals surface area contributed by atoms with Gasteiger partial charge in [-0.3, -0.25) is 4.79 Å². The van der Waals surface area contributed by atoms with Crippen LogP contribution in [0, 0.1) is 0 Å². The summed E-state index contributed by atoms with van der Waals surface area (Å²) in [6, 6.07) is 3.78. The first kappa shape index (κ1) is 14.2. The van der Waals surface area contributed by atoms with Gasteiger partial charge in [0, 0.05) is 17.0 Å². The summed E-state index contributed by atoms with van der Waals surface area (Å²) < 4.78 is 0. The molecule has 1 atom stereocenters. The summed E-state index contributed by atoms with van der Waals surface area (Å²) in [6.45, 7) is 6.42. The Morgan fingerprint density at radius 1 is 1.53 bits per heavy atom. The Kier molecular flexibility index (Phi) is 5.11. The molecule has 3 N–H and O–H groups in total. The fraction of sp³-hybridized carbons (Fsp3) is 0.583. The first-order valence-corrected chi connectivity index (χ1v) is 6.49. The number of amides is 1. The molecule has 0 saturated carbocycles. The van der Waals surface area contributed by atoms with Crippen molar-refractivity contribution in [1.82, 2.24) is 10.6 Å². The summed E-state index contributed by atoms with van der Waals surface area (Å²) in [4.78, 5) is 12.4. The molecule has 0 radical (unpaired) electrons. The standard InChI is InChI=1S/C12H20N2O2S/c1-12(2,3)14-11(16)8-13-7-9(15)10-5-4-6-17-10/h4-6,9,13,15H,7-8H2,1-3H3,(H,14,16). The minimum atomic E-state index is -0.544. The summed E-state index contributed by atoms with van der Waals surface area (Å²) in [7, 11) is 0. The third-order valence-corrected chi connectivity index (χ3v) is 2.98. The third-order valence-electron chi connectivity index (χ3n) is 2.01. The van der Waals surface area contributed by atoms with Crippen LogP contribution >= 0.6 is 11.3 Å². The van der Waals surface area contributed by atoms with E-state index in [0.29, 0.717) is 6.54 Å². The lowest BCUT2D eigenvalue weighted by Gasteiger charge is -2.20. The maximum atomic E-state index is 11.5. The number of nitrogens with one attached hydrogen (secondary N) is 2. The normalized spacial score (nSPS) is 13.4. The van der Waals surface area contributed by atoms with E-state index in [1.54, 1.807) is 0 Å². The Hall–Kier alpha value is -0.910. The highest BCUT2D eigenvalue weighted by atomic mass is 32.1. The number of hydrogen-bond donors (Lipinski definition) is 3. The Morgan fingerprint density at radius 2 is 2.24 bits per heavy atom. The van der Waals surface area contributed by atoms with E-state index < -0.39 is 6.10 Å². The summed E-state index contributed by atoms with van der Waals surface area (Å²) in [5.74, 6) is -0.0594. The maximum absolute atomic E-state index is 11.5. The number of carbonyl (C=O) groups is 1. The fourth-order valence-corrected chi connectivity index (χ4v) is 2.08. The van der Waals surface area contributed by atoms with Gasteiger partial charge in [-0.1, -0.05) is 6.07 Å². The number of rotatable bonds is 5. The smallest absolute Gasteiger partial charge is 0.234 e. The van der Waals surface area contributed by atoms with Gasteiger partial charge in [0.05, 0.1) is 6.54 Å². The lowest BCUT2D eigenvalue weighted by molar-refractivity contribution is -0.121. The first-order valence-electron chi connectivity index (χ1n) is 5.62. The molecular weight excluding hydrogens is 236 g/mol. The van der Waals surface area contributed by atoms with Gasteiger partial charge >= 0.3 is 0 Å². The van der Waals surface area contributed by atoms with Crippen molar-refractivity contribution < 1.29 is 9.90 Å². The van der Waals surface area contributed by atoms with E-state index in [2.05, 4.69) is 10.6 Å². The molecule has 1 heterocycles. The monoisotopic (exact) mass is 256 g/mol. The molecule has 4 nitrogen and oxygen atoms in total. The van der Waals surface area contributed by atoms with Crippen LogP contribution in [0.5, 0.6) is 0 Å². The predicted molar refractivity (Wildman–Crippen MR) is 70.0 cm³/mol. The summed E-state index contributed by atoms with van der Waals surface area (Å²) in [5, 5.41) is 17.5. The van der Waals surface area contributed by atoms with Crippen LogP contribution in [0.25, 0.3) is 0 Å². The molecule has 0 aromatic carbocycles. The van der Waals surface area contributed by atoms with Crippen LogP contribution in [0.4, 0.5) is 0 Å². The van der Waals surface area contributed by atoms with E-state index in [-0.39, 0.29) is 18.0 Å². The van der Waals surface area contributed by atoms with Gasteiger partial charge < -0.3 is 15.7 Å². The Balaban J connectivity index is 2.22. The zero-order chi connectivity index (χ0) is 12.9. The second-order valence-electron chi connectivity index (χ2n) is 4.96. The largest absolute Gasteiger partial charge is 0.386 e. The van der Waals surface area contributed by atoms with Gasteiger partial charge in [0.25, 0.3) is 0 Å². The molecule has 1 amide bonds. The van der Waals surface area contributed by atoms with Crippen molar-refractivity contribution in [3.8, 4) is 0 Å². The van der Waals surface area contributed by atoms with Crippen molar-refractivity contribution in [3.63, 3.8) is 0 Å². The number of aliphatic hydroxyl groups is 1. The topological polar surface area (TPSA) is 61.4 Å². The predicted octanol–water partition coefficient (Wildman–Crippen LogP) is 1.29. The molecular formula is C12H20N2O2S. The number of hydrogen-bond acceptors (Lipinski definition) is 4. The Labute approximate surface area is 106 Å². The molecule has 0 fully saturated rings. The van der Waals surface area contributed by atoms with E-state index in [9.17, 15) is 9.90 Å². The zero-order valence-electron chi connectivity index (χ0n) is 10.5. The first-order chi connectivity index (χ1) is 7.88. The van der Waals surface area contributed by atoms with Crippen LogP contribution in [0.3, 0.4) is 0 Å². The van der Waals surface area contributed by atoms with E-state index >= 15 is 0 Å². The molecule has 1 aromatic heterocycles. The van der Waals surface area contributed by atoms with Gasteiger partial charge in [0.15, 0.2) is 0 Å². The van der Waals surface area contributed by atoms with Crippen LogP contribution in [-0.4, -0.2) is 29.6 Å². The summed E-state index contributed by atoms with van der Waals surface area (Å²) in [6.07, 6.45) is -0.544. The van der Waals surface area contributed by atoms with E-state index in [1.165, 1.54) is 11.3 Å². The van der Waals surface area contributed by atoms with Crippen LogP contribution in [0.15, 0.2) is 17.5 Å². The fourth-order valence-electron chi connectivity index (χ4n) is 1.37. The molecule has 17 heavy (non-hydrogen) atoms. The molecule has 5 heteroatoms. The molecule has 1 aromatic rings. The molecule has 0 spiro atoms. The number of carbonyl (C=O) groups excluding carboxylic acids is 1. The summed E-state index contributed by atoms with van der Waals surface area (Å²) >= 11 is 1.51. The highest BCUT2D eigenvalue weighted by Crippen LogP contribution is 2.17. The third kappa shape index (κ3) is 5.81. The molecule has 0 bridgehead atoms. The van der Waals surface area contributed by atoms with Crippen molar-refractivity contribution in [2.75, 3.05) is 13.1 Å². The van der Waals surface area contributed by atoms with Crippen molar-refractivity contribution >= 4 is 17.2 Å². The molecule has 0 aliphatic rings. The summed E-state index contributed by atoms with van der Waals surface area (Å²) in [5.41, 5.74) is -0.217. The van der Waals surface area contributed by atoms with Crippen molar-refractivity contribution in [1.29, 1.82) is 0 Å². The van der Waals surface area contributed by atoms with E-state index in [1.807, 2.05) is 38.3 Å². The lowest BCUT2D eigenvalue weighted by atomic mass is 10.1. The van der Waals surface area contributed by atoms with Gasteiger partial charge in [0.1, 0.15) is 6.10 Å². The Morgan fingerprint density at radius 3 is 2.76 bits per heavy atom. The van der Waals surface area contributed by atoms with Gasteiger partial charge in [-0.25, -0.2) is 0 Å². The highest BCUT2D eigenvalue weighted by molar-refractivity contribution is 7.10. The van der Waals surface area contributed by atoms with Gasteiger partial charge in [0.2, 0.25) is 5.91 Å². The number of thiophene rings is 1. The maximum Gasteiger partial charge on any atom is 0.234 e. The van der Waals surface area contributed by atoms with Gasteiger partial charge in [-0.05, 0) is 32.2 Å². The molecule has 1 rings (SSSR count). The van der Waals surface area contributed by atoms with Gasteiger partial charge in [-0.15, -0.1) is 11.3 Å². The molecule has 0 aliphatic heterocycles. The highest BCUT2D eigenvalue weighted by Gasteiger charge is 2.14. The van der Waals surface area contributed by atoms with Crippen molar-refractivity contribution in [2.45, 2.75) is 32.4 Å². The minimum Gasteiger partial charge on any atom is -0.386 e. The SMILES string of the molecule is CC(C)(C)NC(=O)CNCC(O)c1cccs1.